The highest BCUT2D eigenvalue weighted by Gasteiger charge is 2.16. The predicted molar refractivity (Wildman–Crippen MR) is 42.9 cm³/mol. The highest BCUT2D eigenvalue weighted by molar-refractivity contribution is 6.14. The fourth-order valence-electron chi connectivity index (χ4n) is 0.587. The van der Waals surface area contributed by atoms with E-state index in [1.54, 1.807) is 0 Å². The Morgan fingerprint density at radius 1 is 1.91 bits per heavy atom. The Morgan fingerprint density at radius 3 is 2.91 bits per heavy atom. The smallest absolute Gasteiger partial charge is 0.324 e. The minimum Gasteiger partial charge on any atom is -0.468 e. The van der Waals surface area contributed by atoms with Crippen molar-refractivity contribution >= 4 is 17.7 Å². The number of hydrogen-bond acceptors (Lipinski definition) is 3. The Balaban J connectivity index is 3.77. The van der Waals surface area contributed by atoms with Gasteiger partial charge in [0.15, 0.2) is 0 Å². The molecule has 1 unspecified atom stereocenters. The fraction of sp³-hybridized carbons (Fsp3) is 0.571. The molecule has 4 heteroatoms. The van der Waals surface area contributed by atoms with Crippen molar-refractivity contribution in [1.29, 1.82) is 0 Å². The van der Waals surface area contributed by atoms with E-state index in [4.69, 9.17) is 18.2 Å². The average Bonchev–Trinajstić information content (AvgIpc) is 2.05. The van der Waals surface area contributed by atoms with E-state index in [2.05, 4.69) is 15.5 Å². The normalized spacial score (nSPS) is 11.7. The van der Waals surface area contributed by atoms with E-state index >= 15 is 0 Å². The van der Waals surface area contributed by atoms with Crippen LogP contribution >= 0.6 is 11.8 Å². The van der Waals surface area contributed by atoms with Crippen molar-refractivity contribution in [3.05, 3.63) is 0 Å². The lowest BCUT2D eigenvalue weighted by Crippen LogP contribution is -2.31. The zero-order valence-corrected chi connectivity index (χ0v) is 7.02. The molecule has 0 bridgehead atoms. The summed E-state index contributed by atoms with van der Waals surface area (Å²) in [7, 11) is 1.30. The second kappa shape index (κ2) is 6.02. The number of carbonyl (C=O) groups excluding carboxylic acids is 1. The molecule has 0 amide bonds. The molecule has 0 aliphatic heterocycles. The maximum absolute atomic E-state index is 10.8. The van der Waals surface area contributed by atoms with E-state index in [0.717, 1.165) is 0 Å². The minimum absolute atomic E-state index is 0.393. The first kappa shape index (κ1) is 10.3. The Morgan fingerprint density at radius 2 is 2.55 bits per heavy atom. The van der Waals surface area contributed by atoms with Gasteiger partial charge in [-0.25, -0.2) is 4.84 Å². The van der Waals surface area contributed by atoms with Crippen molar-refractivity contribution in [2.24, 2.45) is 0 Å². The van der Waals surface area contributed by atoms with E-state index < -0.39 is 12.0 Å². The Bertz CT molecular complexity index is 164. The minimum atomic E-state index is -0.502. The molecule has 0 saturated heterocycles. The van der Waals surface area contributed by atoms with Crippen LogP contribution in [0.1, 0.15) is 12.8 Å². The highest BCUT2D eigenvalue weighted by Crippen LogP contribution is 1.99. The van der Waals surface area contributed by atoms with Crippen LogP contribution in [0.2, 0.25) is 0 Å². The fourth-order valence-corrected chi connectivity index (χ4v) is 0.785. The highest BCUT2D eigenvalue weighted by atomic mass is 35.5. The monoisotopic (exact) mass is 175 g/mol. The van der Waals surface area contributed by atoms with Crippen molar-refractivity contribution < 1.29 is 9.53 Å². The molecule has 1 atom stereocenters. The maximum Gasteiger partial charge on any atom is 0.324 e. The summed E-state index contributed by atoms with van der Waals surface area (Å²) < 4.78 is 4.45. The number of terminal acetylenes is 1. The van der Waals surface area contributed by atoms with E-state index in [1.165, 1.54) is 7.11 Å². The van der Waals surface area contributed by atoms with Gasteiger partial charge in [0, 0.05) is 6.42 Å². The molecule has 11 heavy (non-hydrogen) atoms. The van der Waals surface area contributed by atoms with Crippen LogP contribution < -0.4 is 4.84 Å². The SMILES string of the molecule is C#CCCC(NCl)C(=O)OC. The first-order valence-corrected chi connectivity index (χ1v) is 3.51. The topological polar surface area (TPSA) is 38.3 Å². The second-order valence-electron chi connectivity index (χ2n) is 1.93. The number of nitrogens with one attached hydrogen (secondary N) is 1. The van der Waals surface area contributed by atoms with Crippen molar-refractivity contribution in [2.45, 2.75) is 18.9 Å². The molecule has 0 rings (SSSR count). The largest absolute Gasteiger partial charge is 0.468 e. The summed E-state index contributed by atoms with van der Waals surface area (Å²) >= 11 is 5.26. The van der Waals surface area contributed by atoms with Crippen LogP contribution in [0, 0.1) is 12.3 Å². The Labute approximate surface area is 71.2 Å². The summed E-state index contributed by atoms with van der Waals surface area (Å²) in [5, 5.41) is 0. The van der Waals surface area contributed by atoms with Crippen LogP contribution in [0.4, 0.5) is 0 Å². The van der Waals surface area contributed by atoms with Crippen LogP contribution in [-0.4, -0.2) is 19.1 Å². The quantitative estimate of drug-likeness (QED) is 0.388. The van der Waals surface area contributed by atoms with Crippen molar-refractivity contribution in [3.8, 4) is 12.3 Å². The number of hydrogen-bond donors (Lipinski definition) is 1. The first-order valence-electron chi connectivity index (χ1n) is 3.13. The van der Waals surface area contributed by atoms with Gasteiger partial charge in [-0.3, -0.25) is 4.79 Å². The summed E-state index contributed by atoms with van der Waals surface area (Å²) in [5.41, 5.74) is 0. The average molecular weight is 176 g/mol. The molecule has 3 nitrogen and oxygen atoms in total. The summed E-state index contributed by atoms with van der Waals surface area (Å²) in [5.74, 6) is 2.01. The molecular weight excluding hydrogens is 166 g/mol. The summed E-state index contributed by atoms with van der Waals surface area (Å²) in [6.07, 6.45) is 5.99. The first-order chi connectivity index (χ1) is 5.26. The second-order valence-corrected chi connectivity index (χ2v) is 2.15. The molecule has 0 aromatic heterocycles. The van der Waals surface area contributed by atoms with Gasteiger partial charge in [-0.15, -0.1) is 12.3 Å². The van der Waals surface area contributed by atoms with Crippen LogP contribution in [-0.2, 0) is 9.53 Å². The lowest BCUT2D eigenvalue weighted by atomic mass is 10.2. The molecule has 62 valence electrons. The molecule has 0 aliphatic carbocycles. The van der Waals surface area contributed by atoms with Gasteiger partial charge in [-0.1, -0.05) is 0 Å². The van der Waals surface area contributed by atoms with Crippen LogP contribution in [0.25, 0.3) is 0 Å². The molecule has 0 fully saturated rings. The van der Waals surface area contributed by atoms with Gasteiger partial charge in [0.05, 0.1) is 7.11 Å². The lowest BCUT2D eigenvalue weighted by Gasteiger charge is -2.09. The molecule has 0 saturated carbocycles. The van der Waals surface area contributed by atoms with E-state index in [-0.39, 0.29) is 0 Å². The molecule has 0 spiro atoms. The van der Waals surface area contributed by atoms with Crippen LogP contribution in [0.5, 0.6) is 0 Å². The van der Waals surface area contributed by atoms with Gasteiger partial charge in [0.25, 0.3) is 0 Å². The van der Waals surface area contributed by atoms with Crippen molar-refractivity contribution in [1.82, 2.24) is 4.84 Å². The predicted octanol–water partition coefficient (Wildman–Crippen LogP) is 0.685. The van der Waals surface area contributed by atoms with E-state index in [9.17, 15) is 4.79 Å². The number of rotatable bonds is 4. The number of methoxy groups -OCH3 is 1. The van der Waals surface area contributed by atoms with Gasteiger partial charge in [0.1, 0.15) is 6.04 Å². The Kier molecular flexibility index (Phi) is 5.63. The summed E-state index contributed by atoms with van der Waals surface area (Å²) in [6, 6.07) is -0.502. The molecular formula is C7H10ClNO2. The summed E-state index contributed by atoms with van der Waals surface area (Å²) in [6.45, 7) is 0. The third kappa shape index (κ3) is 3.87. The lowest BCUT2D eigenvalue weighted by molar-refractivity contribution is -0.142. The Hall–Kier alpha value is -0.720. The number of ether oxygens (including phenoxy) is 1. The van der Waals surface area contributed by atoms with Crippen LogP contribution in [0.15, 0.2) is 0 Å². The molecule has 0 aromatic rings. The van der Waals surface area contributed by atoms with Gasteiger partial charge in [-0.05, 0) is 18.2 Å². The van der Waals surface area contributed by atoms with E-state index in [0.29, 0.717) is 12.8 Å². The zero-order valence-electron chi connectivity index (χ0n) is 6.26. The standard InChI is InChI=1S/C7H10ClNO2/c1-3-4-5-6(9-8)7(10)11-2/h1,6,9H,4-5H2,2H3. The van der Waals surface area contributed by atoms with E-state index in [1.807, 2.05) is 0 Å². The third-order valence-electron chi connectivity index (χ3n) is 1.19. The molecule has 0 aliphatic rings. The van der Waals surface area contributed by atoms with Gasteiger partial charge < -0.3 is 4.74 Å². The van der Waals surface area contributed by atoms with Crippen molar-refractivity contribution in [2.75, 3.05) is 7.11 Å². The van der Waals surface area contributed by atoms with Gasteiger partial charge in [-0.2, -0.15) is 0 Å². The maximum atomic E-state index is 10.8. The van der Waals surface area contributed by atoms with Crippen molar-refractivity contribution in [3.63, 3.8) is 0 Å². The molecule has 0 heterocycles. The molecule has 0 radical (unpaired) electrons. The third-order valence-corrected chi connectivity index (χ3v) is 1.46. The number of halogens is 1. The van der Waals surface area contributed by atoms with Crippen LogP contribution in [0.3, 0.4) is 0 Å². The molecule has 1 N–H and O–H groups in total. The number of carbonyl (C=O) groups is 1. The number of esters is 1. The zero-order chi connectivity index (χ0) is 8.69. The molecule has 0 aromatic carbocycles. The van der Waals surface area contributed by atoms with Gasteiger partial charge in [0.2, 0.25) is 0 Å². The summed E-state index contributed by atoms with van der Waals surface area (Å²) in [4.78, 5) is 13.1. The van der Waals surface area contributed by atoms with Gasteiger partial charge >= 0.3 is 5.97 Å².